The molecule has 0 saturated carbocycles. The van der Waals surface area contributed by atoms with Crippen LogP contribution in [0.3, 0.4) is 0 Å². The molecule has 0 aliphatic carbocycles. The molecule has 1 amide bonds. The van der Waals surface area contributed by atoms with Gasteiger partial charge in [0.15, 0.2) is 0 Å². The van der Waals surface area contributed by atoms with E-state index in [9.17, 15) is 21.6 Å². The Hall–Kier alpha value is -1.57. The minimum atomic E-state index is -4.02. The highest BCUT2D eigenvalue weighted by atomic mass is 33.1. The van der Waals surface area contributed by atoms with Gasteiger partial charge >= 0.3 is 0 Å². The van der Waals surface area contributed by atoms with Crippen molar-refractivity contribution in [3.05, 3.63) is 59.7 Å². The van der Waals surface area contributed by atoms with Gasteiger partial charge in [0.05, 0.1) is 9.79 Å². The van der Waals surface area contributed by atoms with Crippen LogP contribution in [0.15, 0.2) is 58.3 Å². The third kappa shape index (κ3) is 11.7. The minimum Gasteiger partial charge on any atom is -0.294 e. The molecule has 0 bridgehead atoms. The fraction of sp³-hybridized carbons (Fsp3) is 0.133. The summed E-state index contributed by atoms with van der Waals surface area (Å²) in [6.07, 6.45) is 0.567. The second kappa shape index (κ2) is 12.0. The number of rotatable bonds is 4. The summed E-state index contributed by atoms with van der Waals surface area (Å²) in [5, 5.41) is 0. The summed E-state index contributed by atoms with van der Waals surface area (Å²) >= 11 is 3.57. The molecule has 150 valence electrons. The molecule has 0 spiro atoms. The van der Waals surface area contributed by atoms with Crippen LogP contribution in [0.1, 0.15) is 11.1 Å². The van der Waals surface area contributed by atoms with Crippen molar-refractivity contribution in [3.63, 3.8) is 0 Å². The van der Waals surface area contributed by atoms with E-state index in [1.807, 2.05) is 13.8 Å². The van der Waals surface area contributed by atoms with E-state index in [1.165, 1.54) is 24.3 Å². The first-order chi connectivity index (χ1) is 12.4. The summed E-state index contributed by atoms with van der Waals surface area (Å²) in [6.45, 7) is 3.68. The average molecular weight is 454 g/mol. The third-order valence-corrected chi connectivity index (χ3v) is 4.99. The van der Waals surface area contributed by atoms with Gasteiger partial charge in [-0.15, -0.1) is 0 Å². The first-order valence-electron chi connectivity index (χ1n) is 6.99. The highest BCUT2D eigenvalue weighted by Gasteiger charge is 2.07. The summed E-state index contributed by atoms with van der Waals surface area (Å²) in [6, 6.07) is 12.0. The standard InChI is InChI=1S/2C7H8O3S.CH3NOS2/c2*1-6-2-4-7(5-3-6)11(8,9)10;3-1-2-5-4/h2*2-5H,1H3,(H,8,9,10);1,4H,(H,2,3). The first-order valence-corrected chi connectivity index (χ1v) is 11.7. The molecule has 0 atom stereocenters. The fourth-order valence-corrected chi connectivity index (χ4v) is 2.57. The average Bonchev–Trinajstić information content (AvgIpc) is 2.56. The minimum absolute atomic E-state index is 0.0666. The number of hydrogen-bond donors (Lipinski definition) is 4. The molecule has 0 radical (unpaired) electrons. The Labute approximate surface area is 167 Å². The number of benzene rings is 2. The summed E-state index contributed by atoms with van der Waals surface area (Å²) in [5.74, 6) is 0. The molecule has 0 aliphatic heterocycles. The van der Waals surface area contributed by atoms with Gasteiger partial charge in [-0.25, -0.2) is 0 Å². The summed E-state index contributed by atoms with van der Waals surface area (Å²) in [5.41, 5.74) is 1.91. The third-order valence-electron chi connectivity index (χ3n) is 2.74. The molecule has 8 nitrogen and oxygen atoms in total. The molecule has 0 fully saturated rings. The molecule has 12 heteroatoms. The molecule has 3 N–H and O–H groups in total. The van der Waals surface area contributed by atoms with Crippen LogP contribution in [0.5, 0.6) is 0 Å². The van der Waals surface area contributed by atoms with Crippen LogP contribution < -0.4 is 4.72 Å². The Balaban J connectivity index is 0.000000405. The van der Waals surface area contributed by atoms with Crippen molar-refractivity contribution < 1.29 is 30.7 Å². The van der Waals surface area contributed by atoms with E-state index < -0.39 is 20.2 Å². The maximum atomic E-state index is 10.5. The lowest BCUT2D eigenvalue weighted by molar-refractivity contribution is -0.107. The van der Waals surface area contributed by atoms with Crippen LogP contribution in [0.2, 0.25) is 0 Å². The zero-order chi connectivity index (χ0) is 21.1. The summed E-state index contributed by atoms with van der Waals surface area (Å²) in [7, 11) is -7.06. The lowest BCUT2D eigenvalue weighted by Gasteiger charge is -1.95. The van der Waals surface area contributed by atoms with Crippen LogP contribution in [-0.4, -0.2) is 32.4 Å². The van der Waals surface area contributed by atoms with Crippen LogP contribution >= 0.6 is 22.6 Å². The molecular weight excluding hydrogens is 434 g/mol. The Morgan fingerprint density at radius 2 is 1.11 bits per heavy atom. The normalized spacial score (nSPS) is 10.6. The number of carbonyl (C=O) groups is 1. The first kappa shape index (κ1) is 25.4. The van der Waals surface area contributed by atoms with Gasteiger partial charge in [-0.05, 0) is 38.1 Å². The van der Waals surface area contributed by atoms with Gasteiger partial charge in [0.25, 0.3) is 20.2 Å². The molecule has 27 heavy (non-hydrogen) atoms. The van der Waals surface area contributed by atoms with Gasteiger partial charge in [0.2, 0.25) is 6.41 Å². The van der Waals surface area contributed by atoms with E-state index in [2.05, 4.69) is 16.4 Å². The lowest BCUT2D eigenvalue weighted by Crippen LogP contribution is -1.96. The maximum Gasteiger partial charge on any atom is 0.294 e. The number of aryl methyl sites for hydroxylation is 2. The van der Waals surface area contributed by atoms with Crippen LogP contribution in [-0.2, 0) is 25.0 Å². The number of thiol groups is 1. The van der Waals surface area contributed by atoms with Gasteiger partial charge in [-0.2, -0.15) is 16.8 Å². The topological polar surface area (TPSA) is 138 Å². The SMILES string of the molecule is Cc1ccc(S(=O)(=O)O)cc1.Cc1ccc(S(=O)(=O)O)cc1.O=CNSS. The van der Waals surface area contributed by atoms with Crippen molar-refractivity contribution in [2.45, 2.75) is 23.6 Å². The van der Waals surface area contributed by atoms with E-state index in [1.54, 1.807) is 24.3 Å². The van der Waals surface area contributed by atoms with E-state index in [0.29, 0.717) is 6.41 Å². The molecule has 0 aromatic heterocycles. The second-order valence-electron chi connectivity index (χ2n) is 4.90. The molecule has 2 aromatic carbocycles. The van der Waals surface area contributed by atoms with E-state index >= 15 is 0 Å². The Morgan fingerprint density at radius 3 is 1.26 bits per heavy atom. The fourth-order valence-electron chi connectivity index (χ4n) is 1.44. The lowest BCUT2D eigenvalue weighted by atomic mass is 10.2. The molecule has 2 aromatic rings. The van der Waals surface area contributed by atoms with Crippen molar-refractivity contribution >= 4 is 49.3 Å². The van der Waals surface area contributed by atoms with E-state index in [4.69, 9.17) is 9.11 Å². The zero-order valence-electron chi connectivity index (χ0n) is 14.3. The molecule has 0 saturated heterocycles. The zero-order valence-corrected chi connectivity index (χ0v) is 17.6. The van der Waals surface area contributed by atoms with Gasteiger partial charge < -0.3 is 0 Å². The predicted molar refractivity (Wildman–Crippen MR) is 108 cm³/mol. The molecule has 2 rings (SSSR count). The number of nitrogens with one attached hydrogen (secondary N) is 1. The molecular formula is C15H19NO7S4. The quantitative estimate of drug-likeness (QED) is 0.182. The number of hydrogen-bond acceptors (Lipinski definition) is 7. The van der Waals surface area contributed by atoms with Crippen molar-refractivity contribution in [1.29, 1.82) is 0 Å². The largest absolute Gasteiger partial charge is 0.294 e. The monoisotopic (exact) mass is 453 g/mol. The van der Waals surface area contributed by atoms with Gasteiger partial charge in [0, 0.05) is 11.0 Å². The molecule has 0 aliphatic rings. The van der Waals surface area contributed by atoms with Gasteiger partial charge in [-0.1, -0.05) is 47.1 Å². The van der Waals surface area contributed by atoms with Crippen LogP contribution in [0.25, 0.3) is 0 Å². The molecule has 0 heterocycles. The number of carbonyl (C=O) groups excluding carboxylic acids is 1. The van der Waals surface area contributed by atoms with E-state index in [-0.39, 0.29) is 9.79 Å². The number of amides is 1. The van der Waals surface area contributed by atoms with Crippen molar-refractivity contribution in [2.75, 3.05) is 0 Å². The second-order valence-corrected chi connectivity index (χ2v) is 8.71. The molecule has 0 unspecified atom stereocenters. The van der Waals surface area contributed by atoms with Crippen LogP contribution in [0.4, 0.5) is 0 Å². The maximum absolute atomic E-state index is 10.5. The Kier molecular flexibility index (Phi) is 11.3. The predicted octanol–water partition coefficient (Wildman–Crippen LogP) is 2.71. The van der Waals surface area contributed by atoms with E-state index in [0.717, 1.165) is 22.1 Å². The smallest absolute Gasteiger partial charge is 0.294 e. The highest BCUT2D eigenvalue weighted by molar-refractivity contribution is 8.67. The van der Waals surface area contributed by atoms with Gasteiger partial charge in [-0.3, -0.25) is 18.6 Å². The van der Waals surface area contributed by atoms with Gasteiger partial charge in [0.1, 0.15) is 0 Å². The van der Waals surface area contributed by atoms with Crippen molar-refractivity contribution in [2.24, 2.45) is 0 Å². The summed E-state index contributed by atoms with van der Waals surface area (Å²) < 4.78 is 61.3. The Morgan fingerprint density at radius 1 is 0.815 bits per heavy atom. The Bertz CT molecular complexity index is 836. The summed E-state index contributed by atoms with van der Waals surface area (Å²) in [4.78, 5) is 9.09. The van der Waals surface area contributed by atoms with Crippen LogP contribution in [0, 0.1) is 13.8 Å². The van der Waals surface area contributed by atoms with Crippen molar-refractivity contribution in [1.82, 2.24) is 4.72 Å². The van der Waals surface area contributed by atoms with Crippen molar-refractivity contribution in [3.8, 4) is 0 Å². The highest BCUT2D eigenvalue weighted by Crippen LogP contribution is 2.09.